The van der Waals surface area contributed by atoms with Gasteiger partial charge in [0.2, 0.25) is 11.8 Å². The van der Waals surface area contributed by atoms with Crippen LogP contribution in [0.1, 0.15) is 72.6 Å². The summed E-state index contributed by atoms with van der Waals surface area (Å²) < 4.78 is 44.5. The average Bonchev–Trinajstić information content (AvgIpc) is 3.55. The fraction of sp³-hybridized carbons (Fsp3) is 0.556. The molecule has 3 amide bonds. The van der Waals surface area contributed by atoms with E-state index in [9.17, 15) is 27.6 Å². The number of nitrogens with one attached hydrogen (secondary N) is 3. The third-order valence-electron chi connectivity index (χ3n) is 7.56. The quantitative estimate of drug-likeness (QED) is 0.394. The molecule has 1 fully saturated rings. The van der Waals surface area contributed by atoms with Crippen molar-refractivity contribution in [2.75, 3.05) is 18.5 Å². The number of benzene rings is 1. The predicted molar refractivity (Wildman–Crippen MR) is 135 cm³/mol. The largest absolute Gasteiger partial charge is 0.494 e. The summed E-state index contributed by atoms with van der Waals surface area (Å²) in [5.74, 6) is 0.370. The van der Waals surface area contributed by atoms with Gasteiger partial charge in [0.15, 0.2) is 0 Å². The molecule has 3 N–H and O–H groups in total. The second-order valence-corrected chi connectivity index (χ2v) is 10.7. The van der Waals surface area contributed by atoms with E-state index in [-0.39, 0.29) is 31.4 Å². The van der Waals surface area contributed by atoms with Crippen molar-refractivity contribution < 1.29 is 32.3 Å². The molecule has 0 radical (unpaired) electrons. The van der Waals surface area contributed by atoms with Crippen LogP contribution >= 0.6 is 0 Å². The highest BCUT2D eigenvalue weighted by Gasteiger charge is 2.46. The molecule has 0 bridgehead atoms. The second-order valence-electron chi connectivity index (χ2n) is 10.7. The number of carbonyl (C=O) groups is 3. The number of alkyl halides is 3. The summed E-state index contributed by atoms with van der Waals surface area (Å²) in [6.45, 7) is 1.65. The van der Waals surface area contributed by atoms with Crippen molar-refractivity contribution >= 4 is 23.5 Å². The van der Waals surface area contributed by atoms with Crippen molar-refractivity contribution in [2.24, 2.45) is 5.92 Å². The Morgan fingerprint density at radius 1 is 1.28 bits per heavy atom. The van der Waals surface area contributed by atoms with E-state index in [2.05, 4.69) is 16.0 Å². The first-order valence-corrected chi connectivity index (χ1v) is 13.3. The van der Waals surface area contributed by atoms with Crippen LogP contribution in [-0.2, 0) is 34.5 Å². The molecule has 1 spiro atoms. The Labute approximate surface area is 223 Å². The number of nitrogens with zero attached hydrogens (tertiary/aromatic N) is 2. The topological polar surface area (TPSA) is 114 Å². The molecule has 2 heterocycles. The summed E-state index contributed by atoms with van der Waals surface area (Å²) in [6, 6.07) is 5.43. The molecule has 5 rings (SSSR count). The zero-order chi connectivity index (χ0) is 27.8. The molecule has 9 nitrogen and oxygen atoms in total. The van der Waals surface area contributed by atoms with E-state index in [0.717, 1.165) is 17.5 Å². The number of rotatable bonds is 10. The van der Waals surface area contributed by atoms with Crippen LogP contribution in [0.2, 0.25) is 0 Å². The Hall–Kier alpha value is -3.57. The van der Waals surface area contributed by atoms with Gasteiger partial charge in [0.1, 0.15) is 17.1 Å². The van der Waals surface area contributed by atoms with Gasteiger partial charge in [-0.05, 0) is 54.9 Å². The van der Waals surface area contributed by atoms with Gasteiger partial charge in [-0.2, -0.15) is 18.3 Å². The van der Waals surface area contributed by atoms with Gasteiger partial charge in [-0.15, -0.1) is 0 Å². The Kier molecular flexibility index (Phi) is 7.30. The second kappa shape index (κ2) is 10.5. The van der Waals surface area contributed by atoms with Gasteiger partial charge in [0.05, 0.1) is 24.4 Å². The van der Waals surface area contributed by atoms with E-state index in [0.29, 0.717) is 54.5 Å². The van der Waals surface area contributed by atoms with E-state index in [4.69, 9.17) is 9.84 Å². The Balaban J connectivity index is 1.35. The van der Waals surface area contributed by atoms with Gasteiger partial charge in [0, 0.05) is 26.3 Å². The average molecular weight is 548 g/mol. The van der Waals surface area contributed by atoms with Crippen molar-refractivity contribution in [3.8, 4) is 5.75 Å². The zero-order valence-corrected chi connectivity index (χ0v) is 21.7. The van der Waals surface area contributed by atoms with E-state index in [1.807, 2.05) is 12.1 Å². The molecular formula is C27H32F3N5O4. The molecule has 3 aliphatic rings. The molecule has 0 unspecified atom stereocenters. The van der Waals surface area contributed by atoms with Crippen LogP contribution in [0.15, 0.2) is 18.2 Å². The lowest BCUT2D eigenvalue weighted by atomic mass is 9.82. The Bertz CT molecular complexity index is 1290. The monoisotopic (exact) mass is 547 g/mol. The van der Waals surface area contributed by atoms with Crippen LogP contribution in [0, 0.1) is 5.92 Å². The van der Waals surface area contributed by atoms with E-state index in [1.165, 1.54) is 19.8 Å². The van der Waals surface area contributed by atoms with Crippen molar-refractivity contribution in [3.05, 3.63) is 40.6 Å². The molecule has 1 saturated carbocycles. The maximum atomic E-state index is 13.5. The number of hydrogen-bond acceptors (Lipinski definition) is 5. The van der Waals surface area contributed by atoms with Crippen LogP contribution in [-0.4, -0.2) is 46.8 Å². The van der Waals surface area contributed by atoms with Gasteiger partial charge in [-0.1, -0.05) is 18.9 Å². The Morgan fingerprint density at radius 2 is 2.08 bits per heavy atom. The summed E-state index contributed by atoms with van der Waals surface area (Å²) in [6.07, 6.45) is -0.218. The van der Waals surface area contributed by atoms with E-state index in [1.54, 1.807) is 10.7 Å². The lowest BCUT2D eigenvalue weighted by Crippen LogP contribution is -2.50. The summed E-state index contributed by atoms with van der Waals surface area (Å²) >= 11 is 0. The molecule has 12 heteroatoms. The van der Waals surface area contributed by atoms with Gasteiger partial charge < -0.3 is 20.7 Å². The standard InChI is InChI=1S/C27H32F3N5O4/c1-16(36)31-15-22(37)32-24-23-21(34-35(24)11-8-17-3-4-17)14-26(33-25(23)38)10-7-18-13-19(5-6-20(18)26)39-12-2-9-27(28,29)30/h5-6,13,17H,2-4,7-12,14-15H2,1H3,(H,31,36)(H,32,37)(H,33,38)/t26-/m0/s1. The van der Waals surface area contributed by atoms with Crippen LogP contribution in [0.25, 0.3) is 0 Å². The number of halogens is 3. The molecular weight excluding hydrogens is 515 g/mol. The molecule has 2 aliphatic carbocycles. The first-order valence-electron chi connectivity index (χ1n) is 13.3. The van der Waals surface area contributed by atoms with Crippen molar-refractivity contribution in [3.63, 3.8) is 0 Å². The summed E-state index contributed by atoms with van der Waals surface area (Å²) in [5.41, 5.74) is 2.19. The molecule has 1 aromatic carbocycles. The number of amides is 3. The third-order valence-corrected chi connectivity index (χ3v) is 7.56. The highest BCUT2D eigenvalue weighted by Crippen LogP contribution is 2.44. The number of hydrogen-bond donors (Lipinski definition) is 3. The van der Waals surface area contributed by atoms with Gasteiger partial charge in [-0.3, -0.25) is 14.4 Å². The van der Waals surface area contributed by atoms with Crippen LogP contribution < -0.4 is 20.7 Å². The van der Waals surface area contributed by atoms with Crippen LogP contribution in [0.4, 0.5) is 19.0 Å². The number of aromatic nitrogens is 2. The van der Waals surface area contributed by atoms with Crippen molar-refractivity contribution in [1.82, 2.24) is 20.4 Å². The normalized spacial score (nSPS) is 19.8. The van der Waals surface area contributed by atoms with E-state index >= 15 is 0 Å². The summed E-state index contributed by atoms with van der Waals surface area (Å²) in [7, 11) is 0. The lowest BCUT2D eigenvalue weighted by Gasteiger charge is -2.35. The minimum atomic E-state index is -4.20. The number of aryl methyl sites for hydroxylation is 2. The zero-order valence-electron chi connectivity index (χ0n) is 21.7. The smallest absolute Gasteiger partial charge is 0.389 e. The minimum Gasteiger partial charge on any atom is -0.494 e. The van der Waals surface area contributed by atoms with E-state index < -0.39 is 24.0 Å². The number of fused-ring (bicyclic) bond motifs is 3. The van der Waals surface area contributed by atoms with Crippen molar-refractivity contribution in [2.45, 2.75) is 76.6 Å². The SMILES string of the molecule is CC(=O)NCC(=O)Nc1c2c(nn1CCC1CC1)C[C@]1(CCc3cc(OCCCC(F)(F)F)ccc31)NC2=O. The number of carbonyl (C=O) groups excluding carboxylic acids is 3. The minimum absolute atomic E-state index is 0.0295. The fourth-order valence-corrected chi connectivity index (χ4v) is 5.46. The van der Waals surface area contributed by atoms with Gasteiger partial charge in [-0.25, -0.2) is 4.68 Å². The third kappa shape index (κ3) is 6.20. The first-order chi connectivity index (χ1) is 18.5. The first kappa shape index (κ1) is 27.0. The van der Waals surface area contributed by atoms with Crippen molar-refractivity contribution in [1.29, 1.82) is 0 Å². The number of ether oxygens (including phenoxy) is 1. The van der Waals surface area contributed by atoms with Gasteiger partial charge in [0.25, 0.3) is 5.91 Å². The molecule has 1 atom stereocenters. The maximum Gasteiger partial charge on any atom is 0.389 e. The fourth-order valence-electron chi connectivity index (χ4n) is 5.46. The lowest BCUT2D eigenvalue weighted by molar-refractivity contribution is -0.136. The van der Waals surface area contributed by atoms with Crippen LogP contribution in [0.3, 0.4) is 0 Å². The molecule has 210 valence electrons. The summed E-state index contributed by atoms with van der Waals surface area (Å²) in [4.78, 5) is 37.3. The van der Waals surface area contributed by atoms with Crippen LogP contribution in [0.5, 0.6) is 5.75 Å². The molecule has 2 aromatic rings. The molecule has 39 heavy (non-hydrogen) atoms. The van der Waals surface area contributed by atoms with Gasteiger partial charge >= 0.3 is 6.18 Å². The Morgan fingerprint density at radius 3 is 2.79 bits per heavy atom. The predicted octanol–water partition coefficient (Wildman–Crippen LogP) is 3.61. The molecule has 1 aromatic heterocycles. The number of anilines is 1. The molecule has 0 saturated heterocycles. The highest BCUT2D eigenvalue weighted by molar-refractivity contribution is 6.05. The highest BCUT2D eigenvalue weighted by atomic mass is 19.4. The molecule has 1 aliphatic heterocycles. The maximum absolute atomic E-state index is 13.5. The summed E-state index contributed by atoms with van der Waals surface area (Å²) in [5, 5.41) is 13.2.